The number of nitrogens with zero attached hydrogens (tertiary/aromatic N) is 4. The van der Waals surface area contributed by atoms with Crippen LogP contribution in [0.4, 0.5) is 0 Å². The molecule has 1 aliphatic rings. The van der Waals surface area contributed by atoms with Crippen molar-refractivity contribution in [3.05, 3.63) is 24.0 Å². The highest BCUT2D eigenvalue weighted by Crippen LogP contribution is 2.24. The number of nitrogens with one attached hydrogen (secondary N) is 1. The van der Waals surface area contributed by atoms with Crippen LogP contribution < -0.4 is 5.32 Å². The summed E-state index contributed by atoms with van der Waals surface area (Å²) in [5.41, 5.74) is 0.670. The van der Waals surface area contributed by atoms with Crippen molar-refractivity contribution in [1.82, 2.24) is 25.4 Å². The first-order valence-corrected chi connectivity index (χ1v) is 6.16. The summed E-state index contributed by atoms with van der Waals surface area (Å²) in [6.45, 7) is 2.62. The molecule has 0 amide bonds. The van der Waals surface area contributed by atoms with E-state index in [9.17, 15) is 0 Å². The van der Waals surface area contributed by atoms with E-state index in [0.717, 1.165) is 13.0 Å². The molecule has 1 aliphatic heterocycles. The summed E-state index contributed by atoms with van der Waals surface area (Å²) in [4.78, 5) is 12.7. The number of hydrogen-bond acceptors (Lipinski definition) is 7. The van der Waals surface area contributed by atoms with Crippen LogP contribution >= 0.6 is 0 Å². The van der Waals surface area contributed by atoms with Crippen molar-refractivity contribution in [2.24, 2.45) is 0 Å². The molecule has 19 heavy (non-hydrogen) atoms. The largest absolute Gasteiger partial charge is 0.380 e. The van der Waals surface area contributed by atoms with E-state index >= 15 is 0 Å². The molecule has 100 valence electrons. The second-order valence-corrected chi connectivity index (χ2v) is 4.50. The SMILES string of the molecule is COC1CNC(c2nc(-c3ccnc(C)n3)no2)C1. The fourth-order valence-corrected chi connectivity index (χ4v) is 2.13. The van der Waals surface area contributed by atoms with Crippen molar-refractivity contribution >= 4 is 0 Å². The first-order valence-electron chi connectivity index (χ1n) is 6.16. The van der Waals surface area contributed by atoms with Crippen molar-refractivity contribution in [1.29, 1.82) is 0 Å². The average Bonchev–Trinajstić information content (AvgIpc) is 3.07. The van der Waals surface area contributed by atoms with Crippen LogP contribution in [-0.4, -0.2) is 39.9 Å². The summed E-state index contributed by atoms with van der Waals surface area (Å²) in [6, 6.07) is 1.82. The van der Waals surface area contributed by atoms with Gasteiger partial charge in [0.2, 0.25) is 11.7 Å². The van der Waals surface area contributed by atoms with Gasteiger partial charge >= 0.3 is 0 Å². The van der Waals surface area contributed by atoms with Crippen LogP contribution in [0.3, 0.4) is 0 Å². The van der Waals surface area contributed by atoms with E-state index in [2.05, 4.69) is 25.4 Å². The second kappa shape index (κ2) is 5.02. The Balaban J connectivity index is 1.80. The Labute approximate surface area is 110 Å². The highest BCUT2D eigenvalue weighted by atomic mass is 16.5. The van der Waals surface area contributed by atoms with Crippen molar-refractivity contribution in [3.8, 4) is 11.5 Å². The predicted octanol–water partition coefficient (Wildman–Crippen LogP) is 0.884. The fourth-order valence-electron chi connectivity index (χ4n) is 2.13. The van der Waals surface area contributed by atoms with E-state index in [-0.39, 0.29) is 12.1 Å². The molecule has 0 saturated carbocycles. The predicted molar refractivity (Wildman–Crippen MR) is 66.2 cm³/mol. The smallest absolute Gasteiger partial charge is 0.244 e. The fraction of sp³-hybridized carbons (Fsp3) is 0.500. The van der Waals surface area contributed by atoms with Crippen LogP contribution in [0.2, 0.25) is 0 Å². The maximum atomic E-state index is 5.30. The highest BCUT2D eigenvalue weighted by Gasteiger charge is 2.29. The van der Waals surface area contributed by atoms with Gasteiger partial charge in [-0.1, -0.05) is 5.16 Å². The number of aromatic nitrogens is 4. The standard InChI is InChI=1S/C12H15N5O2/c1-7-13-4-3-9(15-7)11-16-12(19-17-11)10-5-8(18-2)6-14-10/h3-4,8,10,14H,5-6H2,1-2H3. The Morgan fingerprint density at radius 2 is 2.32 bits per heavy atom. The quantitative estimate of drug-likeness (QED) is 0.877. The summed E-state index contributed by atoms with van der Waals surface area (Å²) in [5, 5.41) is 7.26. The van der Waals surface area contributed by atoms with Crippen molar-refractivity contribution in [3.63, 3.8) is 0 Å². The van der Waals surface area contributed by atoms with E-state index in [4.69, 9.17) is 9.26 Å². The molecule has 1 N–H and O–H groups in total. The summed E-state index contributed by atoms with van der Waals surface area (Å²) in [5.74, 6) is 1.75. The molecular formula is C12H15N5O2. The normalized spacial score (nSPS) is 22.8. The van der Waals surface area contributed by atoms with Gasteiger partial charge < -0.3 is 14.6 Å². The first kappa shape index (κ1) is 12.2. The lowest BCUT2D eigenvalue weighted by atomic mass is 10.2. The van der Waals surface area contributed by atoms with Gasteiger partial charge in [0, 0.05) is 19.9 Å². The zero-order valence-corrected chi connectivity index (χ0v) is 10.8. The summed E-state index contributed by atoms with van der Waals surface area (Å²) >= 11 is 0. The molecule has 1 saturated heterocycles. The number of aryl methyl sites for hydroxylation is 1. The molecule has 0 bridgehead atoms. The summed E-state index contributed by atoms with van der Waals surface area (Å²) < 4.78 is 10.6. The average molecular weight is 261 g/mol. The third-order valence-electron chi connectivity index (χ3n) is 3.17. The van der Waals surface area contributed by atoms with Crippen molar-refractivity contribution in [2.75, 3.05) is 13.7 Å². The molecule has 0 aromatic carbocycles. The van der Waals surface area contributed by atoms with Gasteiger partial charge in [-0.3, -0.25) is 0 Å². The molecule has 0 spiro atoms. The molecule has 7 heteroatoms. The highest BCUT2D eigenvalue weighted by molar-refractivity contribution is 5.47. The molecule has 2 aromatic rings. The molecular weight excluding hydrogens is 246 g/mol. The van der Waals surface area contributed by atoms with Gasteiger partial charge in [-0.05, 0) is 19.4 Å². The number of rotatable bonds is 3. The zero-order chi connectivity index (χ0) is 13.2. The minimum Gasteiger partial charge on any atom is -0.380 e. The van der Waals surface area contributed by atoms with E-state index in [1.807, 2.05) is 6.92 Å². The van der Waals surface area contributed by atoms with Crippen LogP contribution in [0.25, 0.3) is 11.5 Å². The maximum absolute atomic E-state index is 5.30. The number of hydrogen-bond donors (Lipinski definition) is 1. The molecule has 0 aliphatic carbocycles. The Kier molecular flexibility index (Phi) is 3.22. The summed E-state index contributed by atoms with van der Waals surface area (Å²) in [6.07, 6.45) is 2.71. The van der Waals surface area contributed by atoms with Crippen LogP contribution in [-0.2, 0) is 4.74 Å². The maximum Gasteiger partial charge on any atom is 0.244 e. The molecule has 3 heterocycles. The van der Waals surface area contributed by atoms with Gasteiger partial charge in [-0.2, -0.15) is 4.98 Å². The van der Waals surface area contributed by atoms with Crippen LogP contribution in [0, 0.1) is 6.92 Å². The molecule has 2 atom stereocenters. The van der Waals surface area contributed by atoms with Gasteiger partial charge in [-0.15, -0.1) is 0 Å². The first-order chi connectivity index (χ1) is 9.26. The molecule has 2 unspecified atom stereocenters. The monoisotopic (exact) mass is 261 g/mol. The van der Waals surface area contributed by atoms with E-state index < -0.39 is 0 Å². The third-order valence-corrected chi connectivity index (χ3v) is 3.17. The molecule has 7 nitrogen and oxygen atoms in total. The van der Waals surface area contributed by atoms with Gasteiger partial charge in [0.05, 0.1) is 12.1 Å². The topological polar surface area (TPSA) is 86.0 Å². The van der Waals surface area contributed by atoms with Gasteiger partial charge in [0.15, 0.2) is 0 Å². The Bertz CT molecular complexity index is 571. The van der Waals surface area contributed by atoms with Crippen molar-refractivity contribution < 1.29 is 9.26 Å². The van der Waals surface area contributed by atoms with Crippen molar-refractivity contribution in [2.45, 2.75) is 25.5 Å². The Morgan fingerprint density at radius 3 is 3.05 bits per heavy atom. The molecule has 2 aromatic heterocycles. The lowest BCUT2D eigenvalue weighted by molar-refractivity contribution is 0.116. The van der Waals surface area contributed by atoms with Gasteiger partial charge in [0.25, 0.3) is 0 Å². The zero-order valence-electron chi connectivity index (χ0n) is 10.8. The van der Waals surface area contributed by atoms with Gasteiger partial charge in [0.1, 0.15) is 11.5 Å². The Morgan fingerprint density at radius 1 is 1.42 bits per heavy atom. The Hall–Kier alpha value is -1.86. The van der Waals surface area contributed by atoms with E-state index in [1.54, 1.807) is 19.4 Å². The van der Waals surface area contributed by atoms with Crippen LogP contribution in [0.1, 0.15) is 24.2 Å². The van der Waals surface area contributed by atoms with Gasteiger partial charge in [-0.25, -0.2) is 9.97 Å². The molecule has 0 radical (unpaired) electrons. The minimum absolute atomic E-state index is 0.0501. The van der Waals surface area contributed by atoms with E-state index in [0.29, 0.717) is 23.2 Å². The summed E-state index contributed by atoms with van der Waals surface area (Å²) in [7, 11) is 1.71. The number of ether oxygens (including phenoxy) is 1. The van der Waals surface area contributed by atoms with Crippen LogP contribution in [0.5, 0.6) is 0 Å². The van der Waals surface area contributed by atoms with E-state index in [1.165, 1.54) is 0 Å². The minimum atomic E-state index is 0.0501. The van der Waals surface area contributed by atoms with Crippen LogP contribution in [0.15, 0.2) is 16.8 Å². The third kappa shape index (κ3) is 2.47. The lowest BCUT2D eigenvalue weighted by Gasteiger charge is -2.04. The second-order valence-electron chi connectivity index (χ2n) is 4.50. The molecule has 3 rings (SSSR count). The number of methoxy groups -OCH3 is 1. The molecule has 1 fully saturated rings. The lowest BCUT2D eigenvalue weighted by Crippen LogP contribution is -2.16.